The Balaban J connectivity index is 2.79. The molecule has 0 aliphatic heterocycles. The van der Waals surface area contributed by atoms with Gasteiger partial charge in [-0.2, -0.15) is 0 Å². The molecule has 3 heteroatoms. The normalized spacial score (nSPS) is 13.0. The van der Waals surface area contributed by atoms with Gasteiger partial charge < -0.3 is 10.5 Å². The third kappa shape index (κ3) is 3.03. The first-order valence-electron chi connectivity index (χ1n) is 4.48. The minimum Gasteiger partial charge on any atom is -0.491 e. The molecule has 13 heavy (non-hydrogen) atoms. The summed E-state index contributed by atoms with van der Waals surface area (Å²) in [6, 6.07) is 3.67. The van der Waals surface area contributed by atoms with Gasteiger partial charge in [-0.05, 0) is 26.8 Å². The predicted octanol–water partition coefficient (Wildman–Crippen LogP) is 1.89. The summed E-state index contributed by atoms with van der Waals surface area (Å²) in [4.78, 5) is 4.14. The SMILES string of the molecule is CC(C)Oc1ccnc(C(C)N)c1. The molecule has 1 aromatic heterocycles. The Hall–Kier alpha value is -1.09. The van der Waals surface area contributed by atoms with Crippen molar-refractivity contribution in [1.82, 2.24) is 4.98 Å². The Bertz CT molecular complexity index is 271. The largest absolute Gasteiger partial charge is 0.491 e. The fraction of sp³-hybridized carbons (Fsp3) is 0.500. The van der Waals surface area contributed by atoms with Crippen molar-refractivity contribution in [2.75, 3.05) is 0 Å². The average Bonchev–Trinajstić information content (AvgIpc) is 2.03. The maximum Gasteiger partial charge on any atom is 0.123 e. The predicted molar refractivity (Wildman–Crippen MR) is 52.6 cm³/mol. The molecule has 0 aromatic carbocycles. The van der Waals surface area contributed by atoms with Crippen LogP contribution in [-0.2, 0) is 0 Å². The molecule has 1 heterocycles. The van der Waals surface area contributed by atoms with Crippen LogP contribution in [0.3, 0.4) is 0 Å². The van der Waals surface area contributed by atoms with Gasteiger partial charge in [0.05, 0.1) is 11.8 Å². The van der Waals surface area contributed by atoms with Crippen LogP contribution in [0.25, 0.3) is 0 Å². The molecule has 0 aliphatic rings. The third-order valence-corrected chi connectivity index (χ3v) is 1.59. The molecule has 0 saturated carbocycles. The molecule has 0 aliphatic carbocycles. The number of aromatic nitrogens is 1. The molecule has 0 bridgehead atoms. The molecule has 1 aromatic rings. The van der Waals surface area contributed by atoms with Crippen LogP contribution in [0.15, 0.2) is 18.3 Å². The van der Waals surface area contributed by atoms with E-state index in [1.807, 2.05) is 32.9 Å². The maximum atomic E-state index is 5.70. The lowest BCUT2D eigenvalue weighted by Gasteiger charge is -2.11. The van der Waals surface area contributed by atoms with E-state index in [4.69, 9.17) is 10.5 Å². The van der Waals surface area contributed by atoms with E-state index in [1.54, 1.807) is 6.20 Å². The first-order chi connectivity index (χ1) is 6.09. The Labute approximate surface area is 78.9 Å². The van der Waals surface area contributed by atoms with Gasteiger partial charge in [0, 0.05) is 18.3 Å². The Morgan fingerprint density at radius 3 is 2.62 bits per heavy atom. The molecular formula is C10H16N2O. The summed E-state index contributed by atoms with van der Waals surface area (Å²) in [6.07, 6.45) is 1.90. The van der Waals surface area contributed by atoms with Crippen LogP contribution < -0.4 is 10.5 Å². The smallest absolute Gasteiger partial charge is 0.123 e. The summed E-state index contributed by atoms with van der Waals surface area (Å²) in [5.41, 5.74) is 6.55. The number of pyridine rings is 1. The van der Waals surface area contributed by atoms with E-state index in [0.29, 0.717) is 0 Å². The molecule has 3 nitrogen and oxygen atoms in total. The van der Waals surface area contributed by atoms with Crippen LogP contribution in [0.1, 0.15) is 32.5 Å². The van der Waals surface area contributed by atoms with Gasteiger partial charge >= 0.3 is 0 Å². The average molecular weight is 180 g/mol. The Morgan fingerprint density at radius 1 is 1.38 bits per heavy atom. The molecule has 0 amide bonds. The number of nitrogens with two attached hydrogens (primary N) is 1. The summed E-state index contributed by atoms with van der Waals surface area (Å²) < 4.78 is 5.51. The number of hydrogen-bond donors (Lipinski definition) is 1. The van der Waals surface area contributed by atoms with Gasteiger partial charge in [-0.3, -0.25) is 4.98 Å². The van der Waals surface area contributed by atoms with Crippen LogP contribution >= 0.6 is 0 Å². The topological polar surface area (TPSA) is 48.1 Å². The van der Waals surface area contributed by atoms with Crippen molar-refractivity contribution in [3.63, 3.8) is 0 Å². The first kappa shape index (κ1) is 9.99. The van der Waals surface area contributed by atoms with E-state index >= 15 is 0 Å². The van der Waals surface area contributed by atoms with Crippen LogP contribution in [0, 0.1) is 0 Å². The minimum atomic E-state index is -0.0456. The highest BCUT2D eigenvalue weighted by Gasteiger charge is 2.03. The monoisotopic (exact) mass is 180 g/mol. The molecule has 72 valence electrons. The van der Waals surface area contributed by atoms with E-state index in [-0.39, 0.29) is 12.1 Å². The molecular weight excluding hydrogens is 164 g/mol. The van der Waals surface area contributed by atoms with Crippen LogP contribution in [0.2, 0.25) is 0 Å². The number of rotatable bonds is 3. The van der Waals surface area contributed by atoms with Crippen molar-refractivity contribution < 1.29 is 4.74 Å². The molecule has 0 spiro atoms. The van der Waals surface area contributed by atoms with Gasteiger partial charge in [0.15, 0.2) is 0 Å². The summed E-state index contributed by atoms with van der Waals surface area (Å²) in [6.45, 7) is 5.89. The van der Waals surface area contributed by atoms with Crippen molar-refractivity contribution >= 4 is 0 Å². The van der Waals surface area contributed by atoms with Crippen LogP contribution in [0.4, 0.5) is 0 Å². The van der Waals surface area contributed by atoms with Gasteiger partial charge in [-0.25, -0.2) is 0 Å². The van der Waals surface area contributed by atoms with Crippen molar-refractivity contribution in [3.8, 4) is 5.75 Å². The summed E-state index contributed by atoms with van der Waals surface area (Å²) in [5.74, 6) is 0.831. The Morgan fingerprint density at radius 2 is 2.08 bits per heavy atom. The van der Waals surface area contributed by atoms with Crippen molar-refractivity contribution in [1.29, 1.82) is 0 Å². The zero-order valence-corrected chi connectivity index (χ0v) is 8.32. The highest BCUT2D eigenvalue weighted by molar-refractivity contribution is 5.24. The fourth-order valence-electron chi connectivity index (χ4n) is 1.02. The van der Waals surface area contributed by atoms with E-state index in [0.717, 1.165) is 11.4 Å². The van der Waals surface area contributed by atoms with Crippen LogP contribution in [0.5, 0.6) is 5.75 Å². The second-order valence-electron chi connectivity index (χ2n) is 3.37. The lowest BCUT2D eigenvalue weighted by molar-refractivity contribution is 0.242. The lowest BCUT2D eigenvalue weighted by atomic mass is 10.2. The van der Waals surface area contributed by atoms with E-state index in [9.17, 15) is 0 Å². The van der Waals surface area contributed by atoms with Gasteiger partial charge in [-0.1, -0.05) is 0 Å². The molecule has 2 N–H and O–H groups in total. The van der Waals surface area contributed by atoms with Crippen molar-refractivity contribution in [2.45, 2.75) is 32.9 Å². The molecule has 1 atom stereocenters. The second-order valence-corrected chi connectivity index (χ2v) is 3.37. The number of hydrogen-bond acceptors (Lipinski definition) is 3. The first-order valence-corrected chi connectivity index (χ1v) is 4.48. The summed E-state index contributed by atoms with van der Waals surface area (Å²) in [5, 5.41) is 0. The van der Waals surface area contributed by atoms with Gasteiger partial charge in [-0.15, -0.1) is 0 Å². The zero-order valence-electron chi connectivity index (χ0n) is 8.32. The quantitative estimate of drug-likeness (QED) is 0.772. The molecule has 0 fully saturated rings. The maximum absolute atomic E-state index is 5.70. The van der Waals surface area contributed by atoms with Crippen molar-refractivity contribution in [3.05, 3.63) is 24.0 Å². The third-order valence-electron chi connectivity index (χ3n) is 1.59. The molecule has 0 radical (unpaired) electrons. The number of ether oxygens (including phenoxy) is 1. The number of nitrogens with zero attached hydrogens (tertiary/aromatic N) is 1. The van der Waals surface area contributed by atoms with Gasteiger partial charge in [0.1, 0.15) is 5.75 Å². The van der Waals surface area contributed by atoms with E-state index in [1.165, 1.54) is 0 Å². The van der Waals surface area contributed by atoms with Crippen molar-refractivity contribution in [2.24, 2.45) is 5.73 Å². The minimum absolute atomic E-state index is 0.0456. The van der Waals surface area contributed by atoms with Gasteiger partial charge in [0.25, 0.3) is 0 Å². The molecule has 0 saturated heterocycles. The molecule has 1 rings (SSSR count). The van der Waals surface area contributed by atoms with E-state index < -0.39 is 0 Å². The van der Waals surface area contributed by atoms with Gasteiger partial charge in [0.2, 0.25) is 0 Å². The van der Waals surface area contributed by atoms with E-state index in [2.05, 4.69) is 4.98 Å². The lowest BCUT2D eigenvalue weighted by Crippen LogP contribution is -2.09. The zero-order chi connectivity index (χ0) is 9.84. The second kappa shape index (κ2) is 4.23. The van der Waals surface area contributed by atoms with Crippen LogP contribution in [-0.4, -0.2) is 11.1 Å². The summed E-state index contributed by atoms with van der Waals surface area (Å²) >= 11 is 0. The fourth-order valence-corrected chi connectivity index (χ4v) is 1.02. The molecule has 1 unspecified atom stereocenters. The Kier molecular flexibility index (Phi) is 3.25. The summed E-state index contributed by atoms with van der Waals surface area (Å²) in [7, 11) is 0. The highest BCUT2D eigenvalue weighted by atomic mass is 16.5. The standard InChI is InChI=1S/C10H16N2O/c1-7(2)13-9-4-5-12-10(6-9)8(3)11/h4-8H,11H2,1-3H3. The highest BCUT2D eigenvalue weighted by Crippen LogP contribution is 2.15.